The van der Waals surface area contributed by atoms with Crippen molar-refractivity contribution >= 4 is 29.1 Å². The molecule has 8 nitrogen and oxygen atoms in total. The molecule has 0 saturated carbocycles. The van der Waals surface area contributed by atoms with Crippen molar-refractivity contribution in [1.82, 2.24) is 0 Å². The molecule has 0 aromatic heterocycles. The Bertz CT molecular complexity index is 776. The summed E-state index contributed by atoms with van der Waals surface area (Å²) in [4.78, 5) is 33.8. The van der Waals surface area contributed by atoms with Crippen LogP contribution in [0, 0.1) is 10.1 Å². The summed E-state index contributed by atoms with van der Waals surface area (Å²) in [5, 5.41) is 15.8. The van der Waals surface area contributed by atoms with E-state index in [-0.39, 0.29) is 17.9 Å². The molecule has 0 bridgehead atoms. The van der Waals surface area contributed by atoms with E-state index >= 15 is 0 Å². The van der Waals surface area contributed by atoms with Crippen LogP contribution >= 0.6 is 0 Å². The van der Waals surface area contributed by atoms with Gasteiger partial charge in [-0.25, -0.2) is 4.79 Å². The lowest BCUT2D eigenvalue weighted by Gasteiger charge is -2.08. The van der Waals surface area contributed by atoms with Gasteiger partial charge in [0.1, 0.15) is 0 Å². The Morgan fingerprint density at radius 3 is 2.42 bits per heavy atom. The first-order valence-corrected chi connectivity index (χ1v) is 7.09. The number of nitro groups is 1. The molecule has 0 saturated heterocycles. The number of amides is 2. The van der Waals surface area contributed by atoms with Crippen molar-refractivity contribution < 1.29 is 19.2 Å². The molecule has 2 aromatic rings. The number of nitrogens with one attached hydrogen (secondary N) is 2. The first-order chi connectivity index (χ1) is 11.5. The SMILES string of the molecule is CCOC(=O)Nc1cccc(C(=O)Nc2cccc([N+](=O)[O-])c2)c1. The van der Waals surface area contributed by atoms with E-state index in [4.69, 9.17) is 4.74 Å². The highest BCUT2D eigenvalue weighted by Gasteiger charge is 2.11. The number of carbonyl (C=O) groups is 2. The van der Waals surface area contributed by atoms with Gasteiger partial charge in [-0.2, -0.15) is 0 Å². The fourth-order valence-electron chi connectivity index (χ4n) is 1.92. The molecular weight excluding hydrogens is 314 g/mol. The molecule has 2 aromatic carbocycles. The largest absolute Gasteiger partial charge is 0.450 e. The molecule has 0 aliphatic rings. The highest BCUT2D eigenvalue weighted by atomic mass is 16.6. The third-order valence-corrected chi connectivity index (χ3v) is 2.96. The van der Waals surface area contributed by atoms with Crippen molar-refractivity contribution in [2.24, 2.45) is 0 Å². The molecule has 8 heteroatoms. The van der Waals surface area contributed by atoms with E-state index in [0.29, 0.717) is 11.4 Å². The van der Waals surface area contributed by atoms with E-state index in [1.165, 1.54) is 24.3 Å². The molecule has 0 fully saturated rings. The van der Waals surface area contributed by atoms with Gasteiger partial charge in [-0.05, 0) is 31.2 Å². The molecular formula is C16H15N3O5. The smallest absolute Gasteiger partial charge is 0.411 e. The second-order valence-corrected chi connectivity index (χ2v) is 4.69. The summed E-state index contributed by atoms with van der Waals surface area (Å²) in [5.74, 6) is -0.456. The van der Waals surface area contributed by atoms with E-state index < -0.39 is 16.9 Å². The highest BCUT2D eigenvalue weighted by molar-refractivity contribution is 6.05. The van der Waals surface area contributed by atoms with Gasteiger partial charge in [-0.15, -0.1) is 0 Å². The first-order valence-electron chi connectivity index (χ1n) is 7.09. The van der Waals surface area contributed by atoms with Crippen LogP contribution < -0.4 is 10.6 Å². The third kappa shape index (κ3) is 4.54. The minimum absolute atomic E-state index is 0.120. The molecule has 0 unspecified atom stereocenters. The van der Waals surface area contributed by atoms with Gasteiger partial charge in [0.25, 0.3) is 11.6 Å². The maximum Gasteiger partial charge on any atom is 0.411 e. The lowest BCUT2D eigenvalue weighted by Crippen LogP contribution is -2.15. The Morgan fingerprint density at radius 2 is 1.75 bits per heavy atom. The average Bonchev–Trinajstić information content (AvgIpc) is 2.55. The molecule has 2 N–H and O–H groups in total. The van der Waals surface area contributed by atoms with Crippen molar-refractivity contribution in [1.29, 1.82) is 0 Å². The van der Waals surface area contributed by atoms with Crippen LogP contribution in [-0.4, -0.2) is 23.5 Å². The number of anilines is 2. The first kappa shape index (κ1) is 16.9. The van der Waals surface area contributed by atoms with Crippen molar-refractivity contribution in [2.45, 2.75) is 6.92 Å². The van der Waals surface area contributed by atoms with Crippen molar-refractivity contribution in [3.8, 4) is 0 Å². The van der Waals surface area contributed by atoms with Gasteiger partial charge in [-0.3, -0.25) is 20.2 Å². The van der Waals surface area contributed by atoms with Crippen LogP contribution in [0.25, 0.3) is 0 Å². The Balaban J connectivity index is 2.11. The standard InChI is InChI=1S/C16H15N3O5/c1-2-24-16(21)18-12-6-3-5-11(9-12)15(20)17-13-7-4-8-14(10-13)19(22)23/h3-10H,2H2,1H3,(H,17,20)(H,18,21). The molecule has 0 radical (unpaired) electrons. The summed E-state index contributed by atoms with van der Waals surface area (Å²) in [6.07, 6.45) is -0.617. The molecule has 0 aliphatic carbocycles. The lowest BCUT2D eigenvalue weighted by atomic mass is 10.2. The molecule has 0 spiro atoms. The summed E-state index contributed by atoms with van der Waals surface area (Å²) >= 11 is 0. The van der Waals surface area contributed by atoms with Gasteiger partial charge in [0.2, 0.25) is 0 Å². The van der Waals surface area contributed by atoms with E-state index in [2.05, 4.69) is 10.6 Å². The van der Waals surface area contributed by atoms with Gasteiger partial charge in [0.05, 0.1) is 11.5 Å². The fourth-order valence-corrected chi connectivity index (χ4v) is 1.92. The van der Waals surface area contributed by atoms with Crippen molar-refractivity contribution in [3.63, 3.8) is 0 Å². The van der Waals surface area contributed by atoms with Crippen LogP contribution in [-0.2, 0) is 4.74 Å². The number of hydrogen-bond donors (Lipinski definition) is 2. The maximum atomic E-state index is 12.2. The number of ether oxygens (including phenoxy) is 1. The van der Waals surface area contributed by atoms with Gasteiger partial charge in [-0.1, -0.05) is 12.1 Å². The minimum Gasteiger partial charge on any atom is -0.450 e. The summed E-state index contributed by atoms with van der Waals surface area (Å²) < 4.78 is 4.76. The van der Waals surface area contributed by atoms with E-state index in [1.54, 1.807) is 31.2 Å². The zero-order chi connectivity index (χ0) is 17.5. The molecule has 0 atom stereocenters. The van der Waals surface area contributed by atoms with Crippen LogP contribution in [0.15, 0.2) is 48.5 Å². The Kier molecular flexibility index (Phi) is 5.45. The maximum absolute atomic E-state index is 12.2. The molecule has 2 rings (SSSR count). The zero-order valence-corrected chi connectivity index (χ0v) is 12.8. The molecule has 2 amide bonds. The quantitative estimate of drug-likeness (QED) is 0.645. The summed E-state index contributed by atoms with van der Waals surface area (Å²) in [7, 11) is 0. The number of non-ortho nitro benzene ring substituents is 1. The average molecular weight is 329 g/mol. The van der Waals surface area contributed by atoms with Gasteiger partial charge >= 0.3 is 6.09 Å². The monoisotopic (exact) mass is 329 g/mol. The molecule has 0 heterocycles. The number of nitrogens with zero attached hydrogens (tertiary/aromatic N) is 1. The number of nitro benzene ring substituents is 1. The normalized spacial score (nSPS) is 9.88. The predicted octanol–water partition coefficient (Wildman–Crippen LogP) is 3.42. The van der Waals surface area contributed by atoms with E-state index in [9.17, 15) is 19.7 Å². The van der Waals surface area contributed by atoms with Crippen molar-refractivity contribution in [2.75, 3.05) is 17.2 Å². The van der Waals surface area contributed by atoms with Gasteiger partial charge in [0, 0.05) is 29.1 Å². The van der Waals surface area contributed by atoms with E-state index in [0.717, 1.165) is 0 Å². The van der Waals surface area contributed by atoms with Crippen LogP contribution in [0.5, 0.6) is 0 Å². The predicted molar refractivity (Wildman–Crippen MR) is 88.1 cm³/mol. The van der Waals surface area contributed by atoms with Crippen LogP contribution in [0.2, 0.25) is 0 Å². The van der Waals surface area contributed by atoms with Crippen LogP contribution in [0.3, 0.4) is 0 Å². The Labute approximate surface area is 137 Å². The fraction of sp³-hybridized carbons (Fsp3) is 0.125. The number of benzene rings is 2. The number of carbonyl (C=O) groups excluding carboxylic acids is 2. The third-order valence-electron chi connectivity index (χ3n) is 2.96. The summed E-state index contributed by atoms with van der Waals surface area (Å²) in [6, 6.07) is 11.9. The van der Waals surface area contributed by atoms with Crippen LogP contribution in [0.1, 0.15) is 17.3 Å². The molecule has 124 valence electrons. The van der Waals surface area contributed by atoms with Crippen LogP contribution in [0.4, 0.5) is 21.9 Å². The molecule has 0 aliphatic heterocycles. The van der Waals surface area contributed by atoms with Gasteiger partial charge < -0.3 is 10.1 Å². The Hall–Kier alpha value is -3.42. The lowest BCUT2D eigenvalue weighted by molar-refractivity contribution is -0.384. The second-order valence-electron chi connectivity index (χ2n) is 4.69. The highest BCUT2D eigenvalue weighted by Crippen LogP contribution is 2.18. The number of rotatable bonds is 5. The minimum atomic E-state index is -0.617. The number of hydrogen-bond acceptors (Lipinski definition) is 5. The molecule has 24 heavy (non-hydrogen) atoms. The summed E-state index contributed by atoms with van der Waals surface area (Å²) in [5.41, 5.74) is 0.874. The van der Waals surface area contributed by atoms with Gasteiger partial charge in [0.15, 0.2) is 0 Å². The summed E-state index contributed by atoms with van der Waals surface area (Å²) in [6.45, 7) is 1.92. The van der Waals surface area contributed by atoms with Crippen molar-refractivity contribution in [3.05, 3.63) is 64.2 Å². The Morgan fingerprint density at radius 1 is 1.08 bits per heavy atom. The second kappa shape index (κ2) is 7.73. The topological polar surface area (TPSA) is 111 Å². The van der Waals surface area contributed by atoms with E-state index in [1.807, 2.05) is 0 Å². The zero-order valence-electron chi connectivity index (χ0n) is 12.8.